The van der Waals surface area contributed by atoms with Gasteiger partial charge in [-0.2, -0.15) is 0 Å². The van der Waals surface area contributed by atoms with Crippen LogP contribution in [-0.2, 0) is 4.79 Å². The van der Waals surface area contributed by atoms with E-state index in [9.17, 15) is 4.79 Å². The molecule has 1 unspecified atom stereocenters. The molecule has 1 atom stereocenters. The number of hydrazine groups is 1. The number of carbonyl (C=O) groups excluding carboxylic acids is 1. The zero-order chi connectivity index (χ0) is 10.1. The number of aliphatic hydroxyl groups excluding tert-OH is 1. The van der Waals surface area contributed by atoms with Crippen molar-refractivity contribution in [3.05, 3.63) is 0 Å². The summed E-state index contributed by atoms with van der Waals surface area (Å²) in [5.41, 5.74) is 2.15. The van der Waals surface area contributed by atoms with Crippen molar-refractivity contribution in [3.8, 4) is 0 Å². The molecule has 0 spiro atoms. The van der Waals surface area contributed by atoms with E-state index in [2.05, 4.69) is 5.43 Å². The lowest BCUT2D eigenvalue weighted by Crippen LogP contribution is -2.37. The van der Waals surface area contributed by atoms with Crippen LogP contribution in [0.5, 0.6) is 0 Å². The zero-order valence-corrected chi connectivity index (χ0v) is 8.77. The Morgan fingerprint density at radius 2 is 2.38 bits per heavy atom. The van der Waals surface area contributed by atoms with Crippen molar-refractivity contribution in [3.63, 3.8) is 0 Å². The molecule has 4 N–H and O–H groups in total. The smallest absolute Gasteiger partial charge is 0.246 e. The van der Waals surface area contributed by atoms with Crippen molar-refractivity contribution in [2.75, 3.05) is 12.4 Å². The Morgan fingerprint density at radius 1 is 1.69 bits per heavy atom. The average Bonchev–Trinajstić information content (AvgIpc) is 2.16. The highest BCUT2D eigenvalue weighted by atomic mass is 32.2. The maximum absolute atomic E-state index is 11.2. The predicted molar refractivity (Wildman–Crippen MR) is 55.2 cm³/mol. The van der Waals surface area contributed by atoms with Gasteiger partial charge in [0.2, 0.25) is 5.91 Å². The molecule has 1 amide bonds. The third-order valence-corrected chi connectivity index (χ3v) is 2.98. The first kappa shape index (κ1) is 12.7. The summed E-state index contributed by atoms with van der Waals surface area (Å²) in [4.78, 5) is 11.2. The fourth-order valence-electron chi connectivity index (χ4n) is 0.935. The lowest BCUT2D eigenvalue weighted by Gasteiger charge is -2.12. The SMILES string of the molecule is CCCC(SCCCO)C(=O)NN. The maximum Gasteiger partial charge on any atom is 0.246 e. The van der Waals surface area contributed by atoms with Crippen molar-refractivity contribution in [1.29, 1.82) is 0 Å². The first-order chi connectivity index (χ1) is 6.26. The van der Waals surface area contributed by atoms with Crippen molar-refractivity contribution in [1.82, 2.24) is 5.43 Å². The second-order valence-electron chi connectivity index (χ2n) is 2.73. The Kier molecular flexibility index (Phi) is 8.18. The summed E-state index contributed by atoms with van der Waals surface area (Å²) in [6.07, 6.45) is 2.52. The number of hydrogen-bond acceptors (Lipinski definition) is 4. The van der Waals surface area contributed by atoms with Crippen LogP contribution in [0, 0.1) is 0 Å². The molecule has 0 aromatic carbocycles. The lowest BCUT2D eigenvalue weighted by molar-refractivity contribution is -0.120. The van der Waals surface area contributed by atoms with E-state index in [-0.39, 0.29) is 17.8 Å². The van der Waals surface area contributed by atoms with Gasteiger partial charge in [0.05, 0.1) is 5.25 Å². The molecule has 0 aromatic rings. The summed E-state index contributed by atoms with van der Waals surface area (Å²) in [6, 6.07) is 0. The van der Waals surface area contributed by atoms with Crippen LogP contribution >= 0.6 is 11.8 Å². The summed E-state index contributed by atoms with van der Waals surface area (Å²) >= 11 is 1.55. The Labute approximate surface area is 83.2 Å². The number of nitrogens with two attached hydrogens (primary N) is 1. The zero-order valence-electron chi connectivity index (χ0n) is 7.95. The molecule has 0 aromatic heterocycles. The topological polar surface area (TPSA) is 75.3 Å². The van der Waals surface area contributed by atoms with Crippen LogP contribution in [-0.4, -0.2) is 28.6 Å². The van der Waals surface area contributed by atoms with Crippen molar-refractivity contribution in [2.24, 2.45) is 5.84 Å². The molecule has 0 radical (unpaired) electrons. The summed E-state index contributed by atoms with van der Waals surface area (Å²) in [7, 11) is 0. The van der Waals surface area contributed by atoms with Gasteiger partial charge in [0.1, 0.15) is 0 Å². The molecular weight excluding hydrogens is 188 g/mol. The first-order valence-corrected chi connectivity index (χ1v) is 5.54. The second kappa shape index (κ2) is 8.34. The van der Waals surface area contributed by atoms with Crippen LogP contribution in [0.15, 0.2) is 0 Å². The third-order valence-electron chi connectivity index (χ3n) is 1.61. The molecule has 0 rings (SSSR count). The highest BCUT2D eigenvalue weighted by Crippen LogP contribution is 2.17. The average molecular weight is 206 g/mol. The van der Waals surface area contributed by atoms with E-state index in [4.69, 9.17) is 10.9 Å². The van der Waals surface area contributed by atoms with Crippen molar-refractivity contribution < 1.29 is 9.90 Å². The molecule has 0 aliphatic heterocycles. The number of aliphatic hydroxyl groups is 1. The highest BCUT2D eigenvalue weighted by Gasteiger charge is 2.15. The Hall–Kier alpha value is -0.260. The van der Waals surface area contributed by atoms with Gasteiger partial charge in [0.15, 0.2) is 0 Å². The van der Waals surface area contributed by atoms with Gasteiger partial charge in [0, 0.05) is 6.61 Å². The summed E-state index contributed by atoms with van der Waals surface area (Å²) in [5.74, 6) is 5.72. The van der Waals surface area contributed by atoms with Crippen LogP contribution in [0.1, 0.15) is 26.2 Å². The molecular formula is C8H18N2O2S. The largest absolute Gasteiger partial charge is 0.396 e. The van der Waals surface area contributed by atoms with Crippen LogP contribution in [0.3, 0.4) is 0 Å². The minimum absolute atomic E-state index is 0.0680. The van der Waals surface area contributed by atoms with E-state index in [1.807, 2.05) is 6.92 Å². The van der Waals surface area contributed by atoms with E-state index >= 15 is 0 Å². The van der Waals surface area contributed by atoms with Crippen LogP contribution in [0.2, 0.25) is 0 Å². The molecule has 0 heterocycles. The van der Waals surface area contributed by atoms with Crippen molar-refractivity contribution >= 4 is 17.7 Å². The summed E-state index contributed by atoms with van der Waals surface area (Å²) < 4.78 is 0. The fraction of sp³-hybridized carbons (Fsp3) is 0.875. The number of thioether (sulfide) groups is 1. The van der Waals surface area contributed by atoms with Gasteiger partial charge in [-0.3, -0.25) is 10.2 Å². The molecule has 78 valence electrons. The molecule has 5 heteroatoms. The van der Waals surface area contributed by atoms with Crippen LogP contribution in [0.25, 0.3) is 0 Å². The van der Waals surface area contributed by atoms with E-state index < -0.39 is 0 Å². The summed E-state index contributed by atoms with van der Waals surface area (Å²) in [5, 5.41) is 8.50. The number of nitrogens with one attached hydrogen (secondary N) is 1. The standard InChI is InChI=1S/C8H18N2O2S/c1-2-4-7(8(12)10-9)13-6-3-5-11/h7,11H,2-6,9H2,1H3,(H,10,12). The molecule has 0 fully saturated rings. The molecule has 4 nitrogen and oxygen atoms in total. The monoisotopic (exact) mass is 206 g/mol. The van der Waals surface area contributed by atoms with E-state index in [1.54, 1.807) is 11.8 Å². The summed E-state index contributed by atoms with van der Waals surface area (Å²) in [6.45, 7) is 2.21. The van der Waals surface area contributed by atoms with Crippen LogP contribution < -0.4 is 11.3 Å². The Morgan fingerprint density at radius 3 is 2.85 bits per heavy atom. The van der Waals surface area contributed by atoms with E-state index in [1.165, 1.54) is 0 Å². The Balaban J connectivity index is 3.73. The number of hydrogen-bond donors (Lipinski definition) is 3. The second-order valence-corrected chi connectivity index (χ2v) is 4.04. The number of carbonyl (C=O) groups is 1. The van der Waals surface area contributed by atoms with Gasteiger partial charge in [-0.25, -0.2) is 5.84 Å². The number of amides is 1. The molecule has 0 saturated heterocycles. The van der Waals surface area contributed by atoms with Gasteiger partial charge < -0.3 is 5.11 Å². The molecule has 0 aliphatic rings. The lowest BCUT2D eigenvalue weighted by atomic mass is 10.2. The Bertz CT molecular complexity index is 144. The molecule has 0 saturated carbocycles. The predicted octanol–water partition coefficient (Wildman–Crippen LogP) is 0.261. The number of rotatable bonds is 7. The normalized spacial score (nSPS) is 12.5. The van der Waals surface area contributed by atoms with E-state index in [0.29, 0.717) is 0 Å². The van der Waals surface area contributed by atoms with Gasteiger partial charge >= 0.3 is 0 Å². The van der Waals surface area contributed by atoms with Gasteiger partial charge in [-0.15, -0.1) is 11.8 Å². The van der Waals surface area contributed by atoms with Crippen LogP contribution in [0.4, 0.5) is 0 Å². The molecule has 13 heavy (non-hydrogen) atoms. The van der Waals surface area contributed by atoms with Gasteiger partial charge in [0.25, 0.3) is 0 Å². The third kappa shape index (κ3) is 5.90. The first-order valence-electron chi connectivity index (χ1n) is 4.49. The molecule has 0 aliphatic carbocycles. The molecule has 0 bridgehead atoms. The van der Waals surface area contributed by atoms with Gasteiger partial charge in [-0.1, -0.05) is 13.3 Å². The highest BCUT2D eigenvalue weighted by molar-refractivity contribution is 8.00. The minimum atomic E-state index is -0.121. The maximum atomic E-state index is 11.2. The van der Waals surface area contributed by atoms with Crippen molar-refractivity contribution in [2.45, 2.75) is 31.4 Å². The van der Waals surface area contributed by atoms with Gasteiger partial charge in [-0.05, 0) is 18.6 Å². The van der Waals surface area contributed by atoms with E-state index in [0.717, 1.165) is 25.0 Å². The quantitative estimate of drug-likeness (QED) is 0.242. The fourth-order valence-corrected chi connectivity index (χ4v) is 2.14. The minimum Gasteiger partial charge on any atom is -0.396 e.